The summed E-state index contributed by atoms with van der Waals surface area (Å²) in [6.07, 6.45) is 0. The van der Waals surface area contributed by atoms with Crippen LogP contribution >= 0.6 is 15.9 Å². The van der Waals surface area contributed by atoms with Gasteiger partial charge >= 0.3 is 5.69 Å². The molecule has 136 valence electrons. The van der Waals surface area contributed by atoms with Crippen molar-refractivity contribution in [1.29, 1.82) is 0 Å². The zero-order valence-electron chi connectivity index (χ0n) is 14.5. The number of rotatable bonds is 4. The van der Waals surface area contributed by atoms with E-state index in [1.165, 1.54) is 12.1 Å². The zero-order valence-corrected chi connectivity index (χ0v) is 16.1. The second kappa shape index (κ2) is 7.04. The Morgan fingerprint density at radius 3 is 2.59 bits per heavy atom. The van der Waals surface area contributed by atoms with Gasteiger partial charge in [-0.25, -0.2) is 9.18 Å². The van der Waals surface area contributed by atoms with Crippen LogP contribution in [0.3, 0.4) is 0 Å². The summed E-state index contributed by atoms with van der Waals surface area (Å²) in [5.41, 5.74) is 3.74. The van der Waals surface area contributed by atoms with E-state index < -0.39 is 0 Å². The number of hydrogen-bond acceptors (Lipinski definition) is 2. The van der Waals surface area contributed by atoms with Crippen LogP contribution in [0.15, 0.2) is 69.9 Å². The number of nitrogens with zero attached hydrogens (tertiary/aromatic N) is 1. The van der Waals surface area contributed by atoms with Gasteiger partial charge in [0.2, 0.25) is 0 Å². The highest BCUT2D eigenvalue weighted by atomic mass is 79.9. The number of H-pyrrole nitrogens is 1. The molecule has 0 aliphatic heterocycles. The fourth-order valence-corrected chi connectivity index (χ4v) is 3.43. The van der Waals surface area contributed by atoms with Crippen molar-refractivity contribution in [2.45, 2.75) is 6.54 Å². The van der Waals surface area contributed by atoms with Gasteiger partial charge in [0, 0.05) is 10.0 Å². The maximum Gasteiger partial charge on any atom is 0.326 e. The summed E-state index contributed by atoms with van der Waals surface area (Å²) in [5, 5.41) is 0. The first kappa shape index (κ1) is 17.5. The summed E-state index contributed by atoms with van der Waals surface area (Å²) in [6, 6.07) is 17.8. The smallest absolute Gasteiger partial charge is 0.326 e. The van der Waals surface area contributed by atoms with E-state index in [-0.39, 0.29) is 11.5 Å². The number of methoxy groups -OCH3 is 1. The first-order valence-corrected chi connectivity index (χ1v) is 9.15. The van der Waals surface area contributed by atoms with Gasteiger partial charge in [-0.15, -0.1) is 0 Å². The average Bonchev–Trinajstić information content (AvgIpc) is 2.98. The van der Waals surface area contributed by atoms with Crippen LogP contribution < -0.4 is 10.4 Å². The SMILES string of the molecule is COc1ccc(F)cc1-c1ccc2c(c1)[nH]c(=O)n2Cc1ccc(Br)cc1. The fraction of sp³-hybridized carbons (Fsp3) is 0.0952. The summed E-state index contributed by atoms with van der Waals surface area (Å²) in [6.45, 7) is 0.467. The van der Waals surface area contributed by atoms with Crippen molar-refractivity contribution in [2.24, 2.45) is 0 Å². The van der Waals surface area contributed by atoms with Crippen molar-refractivity contribution in [1.82, 2.24) is 9.55 Å². The minimum absolute atomic E-state index is 0.184. The molecule has 0 aliphatic rings. The second-order valence-electron chi connectivity index (χ2n) is 6.22. The van der Waals surface area contributed by atoms with Crippen LogP contribution in [0.4, 0.5) is 4.39 Å². The van der Waals surface area contributed by atoms with E-state index in [9.17, 15) is 9.18 Å². The summed E-state index contributed by atoms with van der Waals surface area (Å²) in [4.78, 5) is 15.3. The minimum atomic E-state index is -0.341. The zero-order chi connectivity index (χ0) is 19.0. The third-order valence-corrected chi connectivity index (χ3v) is 5.03. The van der Waals surface area contributed by atoms with E-state index in [4.69, 9.17) is 4.74 Å². The van der Waals surface area contributed by atoms with Crippen molar-refractivity contribution >= 4 is 27.0 Å². The summed E-state index contributed by atoms with van der Waals surface area (Å²) in [5.74, 6) is 0.236. The summed E-state index contributed by atoms with van der Waals surface area (Å²) < 4.78 is 21.7. The van der Waals surface area contributed by atoms with Gasteiger partial charge < -0.3 is 9.72 Å². The van der Waals surface area contributed by atoms with Crippen LogP contribution in [0.5, 0.6) is 5.75 Å². The molecular formula is C21H16BrFN2O2. The van der Waals surface area contributed by atoms with E-state index in [2.05, 4.69) is 20.9 Å². The molecule has 1 N–H and O–H groups in total. The molecule has 0 fully saturated rings. The lowest BCUT2D eigenvalue weighted by Gasteiger charge is -2.09. The number of ether oxygens (including phenoxy) is 1. The molecule has 4 aromatic rings. The third kappa shape index (κ3) is 3.40. The van der Waals surface area contributed by atoms with Crippen molar-refractivity contribution in [2.75, 3.05) is 7.11 Å². The van der Waals surface area contributed by atoms with Gasteiger partial charge in [0.25, 0.3) is 0 Å². The Kier molecular flexibility index (Phi) is 4.58. The van der Waals surface area contributed by atoms with Crippen LogP contribution in [0.25, 0.3) is 22.2 Å². The van der Waals surface area contributed by atoms with Crippen LogP contribution in [0.2, 0.25) is 0 Å². The predicted molar refractivity (Wildman–Crippen MR) is 108 cm³/mol. The first-order chi connectivity index (χ1) is 13.0. The number of imidazole rings is 1. The van der Waals surface area contributed by atoms with E-state index in [1.54, 1.807) is 17.7 Å². The highest BCUT2D eigenvalue weighted by Crippen LogP contribution is 2.32. The molecule has 0 unspecified atom stereocenters. The molecule has 0 atom stereocenters. The molecule has 6 heteroatoms. The van der Waals surface area contributed by atoms with E-state index >= 15 is 0 Å². The van der Waals surface area contributed by atoms with E-state index in [0.29, 0.717) is 23.4 Å². The minimum Gasteiger partial charge on any atom is -0.496 e. The molecule has 0 amide bonds. The van der Waals surface area contributed by atoms with Crippen LogP contribution in [0, 0.1) is 5.82 Å². The number of aromatic nitrogens is 2. The first-order valence-electron chi connectivity index (χ1n) is 8.36. The van der Waals surface area contributed by atoms with Crippen molar-refractivity contribution < 1.29 is 9.13 Å². The molecule has 3 aromatic carbocycles. The van der Waals surface area contributed by atoms with E-state index in [0.717, 1.165) is 21.1 Å². The van der Waals surface area contributed by atoms with Crippen LogP contribution in [-0.4, -0.2) is 16.7 Å². The molecular weight excluding hydrogens is 411 g/mol. The quantitative estimate of drug-likeness (QED) is 0.501. The van der Waals surface area contributed by atoms with Crippen LogP contribution in [0.1, 0.15) is 5.56 Å². The van der Waals surface area contributed by atoms with Gasteiger partial charge in [0.15, 0.2) is 0 Å². The molecule has 1 aromatic heterocycles. The van der Waals surface area contributed by atoms with Gasteiger partial charge in [-0.05, 0) is 53.6 Å². The lowest BCUT2D eigenvalue weighted by Crippen LogP contribution is -2.17. The van der Waals surface area contributed by atoms with Gasteiger partial charge in [0.1, 0.15) is 11.6 Å². The lowest BCUT2D eigenvalue weighted by atomic mass is 10.0. The third-order valence-electron chi connectivity index (χ3n) is 4.50. The lowest BCUT2D eigenvalue weighted by molar-refractivity contribution is 0.415. The van der Waals surface area contributed by atoms with Crippen molar-refractivity contribution in [3.8, 4) is 16.9 Å². The molecule has 0 saturated heterocycles. The molecule has 27 heavy (non-hydrogen) atoms. The number of halogens is 2. The Morgan fingerprint density at radius 1 is 1.07 bits per heavy atom. The number of hydrogen-bond donors (Lipinski definition) is 1. The number of benzene rings is 3. The Hall–Kier alpha value is -2.86. The number of fused-ring (bicyclic) bond motifs is 1. The Morgan fingerprint density at radius 2 is 1.85 bits per heavy atom. The van der Waals surface area contributed by atoms with Crippen molar-refractivity contribution in [3.05, 3.63) is 87.0 Å². The van der Waals surface area contributed by atoms with Gasteiger partial charge in [0.05, 0.1) is 24.7 Å². The largest absolute Gasteiger partial charge is 0.496 e. The Balaban J connectivity index is 1.78. The maximum absolute atomic E-state index is 13.7. The Labute approximate surface area is 163 Å². The standard InChI is InChI=1S/C21H16BrFN2O2/c1-27-20-9-7-16(23)11-17(20)14-4-8-19-18(10-14)24-21(26)25(19)12-13-2-5-15(22)6-3-13/h2-11H,12H2,1H3,(H,24,26). The Bertz CT molecular complexity index is 1180. The molecule has 0 aliphatic carbocycles. The monoisotopic (exact) mass is 426 g/mol. The average molecular weight is 427 g/mol. The van der Waals surface area contributed by atoms with Crippen molar-refractivity contribution in [3.63, 3.8) is 0 Å². The van der Waals surface area contributed by atoms with Gasteiger partial charge in [-0.2, -0.15) is 0 Å². The predicted octanol–water partition coefficient (Wildman–Crippen LogP) is 4.96. The number of nitrogens with one attached hydrogen (secondary N) is 1. The van der Waals surface area contributed by atoms with Crippen LogP contribution in [-0.2, 0) is 6.54 Å². The van der Waals surface area contributed by atoms with Gasteiger partial charge in [-0.3, -0.25) is 4.57 Å². The fourth-order valence-electron chi connectivity index (χ4n) is 3.17. The summed E-state index contributed by atoms with van der Waals surface area (Å²) in [7, 11) is 1.55. The van der Waals surface area contributed by atoms with Gasteiger partial charge in [-0.1, -0.05) is 34.1 Å². The molecule has 4 rings (SSSR count). The molecule has 4 nitrogen and oxygen atoms in total. The highest BCUT2D eigenvalue weighted by Gasteiger charge is 2.12. The van der Waals surface area contributed by atoms with E-state index in [1.807, 2.05) is 42.5 Å². The highest BCUT2D eigenvalue weighted by molar-refractivity contribution is 9.10. The molecule has 0 saturated carbocycles. The molecule has 0 spiro atoms. The molecule has 1 heterocycles. The maximum atomic E-state index is 13.7. The normalized spacial score (nSPS) is 11.1. The topological polar surface area (TPSA) is 47.0 Å². The second-order valence-corrected chi connectivity index (χ2v) is 7.13. The summed E-state index contributed by atoms with van der Waals surface area (Å²) >= 11 is 3.41. The molecule has 0 bridgehead atoms. The molecule has 0 radical (unpaired) electrons. The number of aromatic amines is 1.